The zero-order chi connectivity index (χ0) is 23.8. The maximum Gasteiger partial charge on any atom is 0.304 e. The molecule has 8 nitrogen and oxygen atoms in total. The van der Waals surface area contributed by atoms with Crippen molar-refractivity contribution in [2.24, 2.45) is 0 Å². The van der Waals surface area contributed by atoms with Crippen LogP contribution in [-0.2, 0) is 36.9 Å². The van der Waals surface area contributed by atoms with Crippen LogP contribution in [0.2, 0.25) is 5.02 Å². The molecule has 0 aromatic heterocycles. The number of rotatable bonds is 5. The van der Waals surface area contributed by atoms with E-state index in [4.69, 9.17) is 16.3 Å². The van der Waals surface area contributed by atoms with Gasteiger partial charge < -0.3 is 20.3 Å². The van der Waals surface area contributed by atoms with Gasteiger partial charge in [0.2, 0.25) is 5.91 Å². The van der Waals surface area contributed by atoms with Crippen LogP contribution in [0.4, 0.5) is 15.8 Å². The van der Waals surface area contributed by atoms with Gasteiger partial charge in [0.25, 0.3) is 17.4 Å². The number of nitrogens with zero attached hydrogens (tertiary/aromatic N) is 1. The Morgan fingerprint density at radius 2 is 2.00 bits per heavy atom. The van der Waals surface area contributed by atoms with Crippen LogP contribution in [0.15, 0.2) is 36.4 Å². The Balaban J connectivity index is 1.56. The van der Waals surface area contributed by atoms with Gasteiger partial charge in [0, 0.05) is 49.3 Å². The molecule has 10 heteroatoms. The number of hydrogen-bond donors (Lipinski definition) is 2. The van der Waals surface area contributed by atoms with Gasteiger partial charge in [0.1, 0.15) is 5.82 Å². The average Bonchev–Trinajstić information content (AvgIpc) is 3.07. The third kappa shape index (κ3) is 4.54. The van der Waals surface area contributed by atoms with E-state index in [1.165, 1.54) is 17.0 Å². The molecule has 0 aliphatic carbocycles. The van der Waals surface area contributed by atoms with Gasteiger partial charge in [0.05, 0.1) is 0 Å². The summed E-state index contributed by atoms with van der Waals surface area (Å²) in [6, 6.07) is 8.98. The van der Waals surface area contributed by atoms with E-state index in [0.717, 1.165) is 18.6 Å². The molecule has 0 bridgehead atoms. The molecule has 1 unspecified atom stereocenters. The predicted molar refractivity (Wildman–Crippen MR) is 118 cm³/mol. The van der Waals surface area contributed by atoms with Gasteiger partial charge in [-0.3, -0.25) is 19.2 Å². The molecule has 4 rings (SSSR count). The predicted octanol–water partition coefficient (Wildman–Crippen LogP) is 2.72. The van der Waals surface area contributed by atoms with Crippen molar-refractivity contribution in [3.05, 3.63) is 58.4 Å². The Morgan fingerprint density at radius 1 is 1.21 bits per heavy atom. The summed E-state index contributed by atoms with van der Waals surface area (Å²) in [5.41, 5.74) is 0.447. The summed E-state index contributed by atoms with van der Waals surface area (Å²) < 4.78 is 18.9. The fraction of sp³-hybridized carbons (Fsp3) is 0.304. The maximum atomic E-state index is 13.6. The van der Waals surface area contributed by atoms with Crippen LogP contribution in [0.3, 0.4) is 0 Å². The lowest BCUT2D eigenvalue weighted by atomic mass is 10.00. The molecule has 172 valence electrons. The van der Waals surface area contributed by atoms with E-state index in [0.29, 0.717) is 29.8 Å². The summed E-state index contributed by atoms with van der Waals surface area (Å²) in [5.74, 6) is -2.88. The molecule has 2 heterocycles. The number of carbonyl (C=O) groups is 4. The number of carbonyl (C=O) groups excluding carboxylic acids is 4. The van der Waals surface area contributed by atoms with Crippen LogP contribution in [0.1, 0.15) is 30.9 Å². The summed E-state index contributed by atoms with van der Waals surface area (Å²) in [6.45, 7) is 1.17. The van der Waals surface area contributed by atoms with Gasteiger partial charge in [-0.2, -0.15) is 0 Å². The molecule has 0 spiro atoms. The number of anilines is 2. The minimum Gasteiger partial charge on any atom is -0.439 e. The maximum absolute atomic E-state index is 13.6. The number of nitrogens with one attached hydrogen (secondary N) is 2. The first kappa shape index (κ1) is 22.7. The monoisotopic (exact) mass is 473 g/mol. The van der Waals surface area contributed by atoms with Crippen molar-refractivity contribution >= 4 is 46.7 Å². The molecule has 2 aromatic rings. The summed E-state index contributed by atoms with van der Waals surface area (Å²) in [5, 5.41) is 5.51. The Bertz CT molecular complexity index is 1150. The summed E-state index contributed by atoms with van der Waals surface area (Å²) >= 11 is 5.85. The minimum atomic E-state index is -2.03. The van der Waals surface area contributed by atoms with Gasteiger partial charge in [-0.25, -0.2) is 4.39 Å². The average molecular weight is 474 g/mol. The molecular weight excluding hydrogens is 453 g/mol. The Hall–Kier alpha value is -3.46. The molecule has 2 aliphatic rings. The van der Waals surface area contributed by atoms with Crippen molar-refractivity contribution in [1.82, 2.24) is 5.32 Å². The van der Waals surface area contributed by atoms with Gasteiger partial charge in [0.15, 0.2) is 0 Å². The molecule has 3 amide bonds. The first-order valence-electron chi connectivity index (χ1n) is 10.4. The van der Waals surface area contributed by atoms with Crippen molar-refractivity contribution in [2.45, 2.75) is 38.3 Å². The molecular formula is C23H21ClFN3O5. The van der Waals surface area contributed by atoms with E-state index in [2.05, 4.69) is 10.6 Å². The summed E-state index contributed by atoms with van der Waals surface area (Å²) in [6.07, 6.45) is 0.825. The molecule has 33 heavy (non-hydrogen) atoms. The largest absolute Gasteiger partial charge is 0.439 e. The van der Waals surface area contributed by atoms with Crippen LogP contribution in [-0.4, -0.2) is 35.8 Å². The molecule has 0 saturated carbocycles. The third-order valence-electron chi connectivity index (χ3n) is 5.63. The van der Waals surface area contributed by atoms with Crippen molar-refractivity contribution < 1.29 is 28.3 Å². The molecule has 1 atom stereocenters. The quantitative estimate of drug-likeness (QED) is 0.513. The van der Waals surface area contributed by atoms with Crippen LogP contribution in [0.5, 0.6) is 0 Å². The SMILES string of the molecule is CC(=O)OC1(C(=O)NCc2cc(F)cc(Cl)c2)CCN(c2ccc3c(c2)CCC(=O)N3)C1=O. The number of amides is 3. The zero-order valence-corrected chi connectivity index (χ0v) is 18.5. The first-order valence-corrected chi connectivity index (χ1v) is 10.7. The van der Waals surface area contributed by atoms with E-state index in [1.807, 2.05) is 0 Å². The minimum absolute atomic E-state index is 0.0467. The molecule has 2 aliphatic heterocycles. The first-order chi connectivity index (χ1) is 15.7. The number of halogens is 2. The highest BCUT2D eigenvalue weighted by atomic mass is 35.5. The van der Waals surface area contributed by atoms with Crippen molar-refractivity contribution in [1.29, 1.82) is 0 Å². The number of hydrogen-bond acceptors (Lipinski definition) is 5. The second kappa shape index (κ2) is 8.82. The number of fused-ring (bicyclic) bond motifs is 1. The molecule has 2 aromatic carbocycles. The number of aryl methyl sites for hydroxylation is 1. The second-order valence-corrected chi connectivity index (χ2v) is 8.41. The van der Waals surface area contributed by atoms with E-state index in [9.17, 15) is 23.6 Å². The van der Waals surface area contributed by atoms with Crippen LogP contribution in [0, 0.1) is 5.82 Å². The topological polar surface area (TPSA) is 105 Å². The van der Waals surface area contributed by atoms with Crippen molar-refractivity contribution in [3.8, 4) is 0 Å². The van der Waals surface area contributed by atoms with Crippen LogP contribution in [0.25, 0.3) is 0 Å². The fourth-order valence-electron chi connectivity index (χ4n) is 4.11. The molecule has 1 saturated heterocycles. The second-order valence-electron chi connectivity index (χ2n) is 7.98. The van der Waals surface area contributed by atoms with Gasteiger partial charge in [-0.15, -0.1) is 0 Å². The lowest BCUT2D eigenvalue weighted by Crippen LogP contribution is -2.55. The molecule has 2 N–H and O–H groups in total. The Labute approximate surface area is 194 Å². The lowest BCUT2D eigenvalue weighted by Gasteiger charge is -2.27. The van der Waals surface area contributed by atoms with Gasteiger partial charge >= 0.3 is 5.97 Å². The Morgan fingerprint density at radius 3 is 2.73 bits per heavy atom. The number of ether oxygens (including phenoxy) is 1. The molecule has 1 fully saturated rings. The number of benzene rings is 2. The highest BCUT2D eigenvalue weighted by Gasteiger charge is 2.56. The summed E-state index contributed by atoms with van der Waals surface area (Å²) in [4.78, 5) is 51.3. The van der Waals surface area contributed by atoms with Crippen LogP contribution < -0.4 is 15.5 Å². The lowest BCUT2D eigenvalue weighted by molar-refractivity contribution is -0.170. The fourth-order valence-corrected chi connectivity index (χ4v) is 4.36. The van der Waals surface area contributed by atoms with E-state index >= 15 is 0 Å². The van der Waals surface area contributed by atoms with Crippen molar-refractivity contribution in [2.75, 3.05) is 16.8 Å². The Kier molecular flexibility index (Phi) is 6.07. The van der Waals surface area contributed by atoms with E-state index < -0.39 is 29.2 Å². The highest BCUT2D eigenvalue weighted by Crippen LogP contribution is 2.35. The van der Waals surface area contributed by atoms with E-state index in [1.54, 1.807) is 18.2 Å². The highest BCUT2D eigenvalue weighted by molar-refractivity contribution is 6.30. The number of esters is 1. The zero-order valence-electron chi connectivity index (χ0n) is 17.7. The standard InChI is InChI=1S/C23H21ClFN3O5/c1-13(29)33-23(21(31)26-12-14-8-16(24)11-17(25)9-14)6-7-28(22(23)32)18-3-4-19-15(10-18)2-5-20(30)27-19/h3-4,8-11H,2,5-7,12H2,1H3,(H,26,31)(H,27,30). The molecule has 0 radical (unpaired) electrons. The van der Waals surface area contributed by atoms with Gasteiger partial charge in [-0.1, -0.05) is 11.6 Å². The normalized spacial score (nSPS) is 19.7. The smallest absolute Gasteiger partial charge is 0.304 e. The summed E-state index contributed by atoms with van der Waals surface area (Å²) in [7, 11) is 0. The third-order valence-corrected chi connectivity index (χ3v) is 5.85. The van der Waals surface area contributed by atoms with Gasteiger partial charge in [-0.05, 0) is 53.9 Å². The van der Waals surface area contributed by atoms with E-state index in [-0.39, 0.29) is 30.4 Å². The van der Waals surface area contributed by atoms with Crippen LogP contribution >= 0.6 is 11.6 Å². The van der Waals surface area contributed by atoms with Crippen molar-refractivity contribution in [3.63, 3.8) is 0 Å².